The van der Waals surface area contributed by atoms with Crippen LogP contribution in [0.3, 0.4) is 0 Å². The molecule has 1 fully saturated rings. The highest BCUT2D eigenvalue weighted by atomic mass is 32.2. The van der Waals surface area contributed by atoms with E-state index >= 15 is 0 Å². The number of rotatable bonds is 12. The van der Waals surface area contributed by atoms with Crippen LogP contribution in [0.4, 0.5) is 0 Å². The fourth-order valence-corrected chi connectivity index (χ4v) is 5.16. The smallest absolute Gasteiger partial charge is 0.234 e. The molecule has 0 aromatic heterocycles. The Hall–Kier alpha value is -1.02. The molecule has 154 valence electrons. The lowest BCUT2D eigenvalue weighted by Gasteiger charge is -2.35. The Morgan fingerprint density at radius 1 is 1.37 bits per heavy atom. The highest BCUT2D eigenvalue weighted by Gasteiger charge is 2.48. The van der Waals surface area contributed by atoms with E-state index in [9.17, 15) is 14.4 Å². The van der Waals surface area contributed by atoms with Gasteiger partial charge in [-0.2, -0.15) is 0 Å². The van der Waals surface area contributed by atoms with Gasteiger partial charge in [-0.1, -0.05) is 31.7 Å². The van der Waals surface area contributed by atoms with Crippen molar-refractivity contribution in [2.45, 2.75) is 83.4 Å². The van der Waals surface area contributed by atoms with E-state index in [0.717, 1.165) is 32.1 Å². The average molecular weight is 397 g/mol. The Bertz CT molecular complexity index is 530. The molecule has 8 heteroatoms. The number of likely N-dealkylation sites (tertiary alicyclic amines) is 1. The van der Waals surface area contributed by atoms with E-state index in [1.54, 1.807) is 11.9 Å². The molecule has 0 bridgehead atoms. The first-order chi connectivity index (χ1) is 12.6. The molecule has 0 radical (unpaired) electrons. The van der Waals surface area contributed by atoms with Crippen molar-refractivity contribution in [1.82, 2.24) is 14.4 Å². The molecule has 3 amide bonds. The lowest BCUT2D eigenvalue weighted by molar-refractivity contribution is -0.139. The first kappa shape index (κ1) is 24.0. The van der Waals surface area contributed by atoms with Crippen molar-refractivity contribution >= 4 is 37.7 Å². The molecular weight excluding hydrogens is 361 g/mol. The summed E-state index contributed by atoms with van der Waals surface area (Å²) in [6, 6.07) is 0.159. The molecule has 1 aliphatic rings. The number of hydrogen-bond acceptors (Lipinski definition) is 5. The Morgan fingerprint density at radius 3 is 2.59 bits per heavy atom. The second-order valence-corrected chi connectivity index (χ2v) is 9.99. The highest BCUT2D eigenvalue weighted by Crippen LogP contribution is 2.43. The normalized spacial score (nSPS) is 19.8. The largest absolute Gasteiger partial charge is 0.354 e. The summed E-state index contributed by atoms with van der Waals surface area (Å²) in [4.78, 5) is 38.5. The molecule has 6 nitrogen and oxygen atoms in total. The van der Waals surface area contributed by atoms with E-state index in [1.165, 1.54) is 4.90 Å². The molecule has 1 saturated heterocycles. The van der Waals surface area contributed by atoms with E-state index in [0.29, 0.717) is 19.4 Å². The summed E-state index contributed by atoms with van der Waals surface area (Å²) >= 11 is 1.66. The number of imide groups is 1. The summed E-state index contributed by atoms with van der Waals surface area (Å²) in [7, 11) is 3.96. The minimum Gasteiger partial charge on any atom is -0.354 e. The van der Waals surface area contributed by atoms with Gasteiger partial charge in [-0.15, -0.1) is 0 Å². The van der Waals surface area contributed by atoms with Crippen molar-refractivity contribution in [3.8, 4) is 0 Å². The van der Waals surface area contributed by atoms with Gasteiger partial charge < -0.3 is 9.53 Å². The van der Waals surface area contributed by atoms with Crippen LogP contribution in [0.2, 0.25) is 0 Å². The van der Waals surface area contributed by atoms with Gasteiger partial charge in [-0.05, 0) is 47.1 Å². The van der Waals surface area contributed by atoms with Crippen LogP contribution in [0.25, 0.3) is 0 Å². The van der Waals surface area contributed by atoms with Crippen LogP contribution in [0.15, 0.2) is 0 Å². The zero-order valence-electron chi connectivity index (χ0n) is 17.8. The van der Waals surface area contributed by atoms with Crippen LogP contribution in [-0.4, -0.2) is 59.2 Å². The van der Waals surface area contributed by atoms with Crippen LogP contribution in [0.1, 0.15) is 72.6 Å². The topological polar surface area (TPSA) is 69.7 Å². The first-order valence-corrected chi connectivity index (χ1v) is 10.9. The third-order valence-electron chi connectivity index (χ3n) is 4.85. The van der Waals surface area contributed by atoms with Crippen molar-refractivity contribution in [1.29, 1.82) is 0 Å². The molecule has 0 aromatic rings. The van der Waals surface area contributed by atoms with E-state index in [4.69, 9.17) is 0 Å². The molecule has 2 unspecified atom stereocenters. The van der Waals surface area contributed by atoms with Crippen molar-refractivity contribution < 1.29 is 14.4 Å². The van der Waals surface area contributed by atoms with Gasteiger partial charge in [0.2, 0.25) is 17.7 Å². The minimum atomic E-state index is -0.255. The van der Waals surface area contributed by atoms with Gasteiger partial charge in [-0.3, -0.25) is 19.3 Å². The Balaban J connectivity index is 2.53. The molecule has 1 heterocycles. The van der Waals surface area contributed by atoms with E-state index in [-0.39, 0.29) is 34.4 Å². The fourth-order valence-electron chi connectivity index (χ4n) is 3.72. The van der Waals surface area contributed by atoms with Crippen LogP contribution in [0.5, 0.6) is 0 Å². The Labute approximate surface area is 169 Å². The number of carbonyl (C=O) groups excluding carboxylic acids is 3. The molecule has 2 atom stereocenters. The third-order valence-corrected chi connectivity index (χ3v) is 6.12. The summed E-state index contributed by atoms with van der Waals surface area (Å²) in [6.45, 7) is 8.57. The van der Waals surface area contributed by atoms with E-state index in [2.05, 4.69) is 19.2 Å². The van der Waals surface area contributed by atoms with Crippen molar-refractivity contribution in [2.24, 2.45) is 5.92 Å². The second-order valence-electron chi connectivity index (χ2n) is 8.14. The van der Waals surface area contributed by atoms with Crippen molar-refractivity contribution in [3.63, 3.8) is 0 Å². The van der Waals surface area contributed by atoms with Crippen LogP contribution in [-0.2, 0) is 14.4 Å². The monoisotopic (exact) mass is 397 g/mol. The fraction of sp³-hybridized carbons (Fsp3) is 0.842. The predicted molar refractivity (Wildman–Crippen MR) is 114 cm³/mol. The zero-order valence-corrected chi connectivity index (χ0v) is 18.7. The molecule has 1 aliphatic heterocycles. The number of carbonyl (C=O) groups is 3. The summed E-state index contributed by atoms with van der Waals surface area (Å²) in [6.07, 6.45) is 5.06. The summed E-state index contributed by atoms with van der Waals surface area (Å²) in [5.74, 6) is -0.268. The molecule has 0 saturated carbocycles. The Kier molecular flexibility index (Phi) is 9.88. The maximum absolute atomic E-state index is 12.9. The summed E-state index contributed by atoms with van der Waals surface area (Å²) in [5.41, 5.74) is 0. The molecule has 1 N–H and O–H groups in total. The van der Waals surface area contributed by atoms with Crippen molar-refractivity contribution in [3.05, 3.63) is 0 Å². The maximum atomic E-state index is 12.9. The van der Waals surface area contributed by atoms with Gasteiger partial charge in [0.25, 0.3) is 0 Å². The van der Waals surface area contributed by atoms with Crippen LogP contribution >= 0.6 is 11.9 Å². The van der Waals surface area contributed by atoms with Gasteiger partial charge in [-0.25, -0.2) is 0 Å². The molecule has 27 heavy (non-hydrogen) atoms. The predicted octanol–water partition coefficient (Wildman–Crippen LogP) is 2.13. The number of hydrogen-bond donors (Lipinski definition) is 1. The number of amides is 3. The molecule has 0 aliphatic carbocycles. The quantitative estimate of drug-likeness (QED) is 0.237. The number of nitrogens with one attached hydrogen (secondary N) is 1. The second kappa shape index (κ2) is 11.1. The maximum Gasteiger partial charge on any atom is 0.234 e. The molecule has 1 rings (SSSR count). The first-order valence-electron chi connectivity index (χ1n) is 10.1. The van der Waals surface area contributed by atoms with Gasteiger partial charge in [0.1, 0.15) is 0 Å². The molecule has 0 spiro atoms. The average Bonchev–Trinajstić information content (AvgIpc) is 2.81. The standard InChI is InChI=1S/C19H36BN3O3S/c1-6-11-19(4,27-22(5)20)15-13-17(25)23(18(15)26)12-9-7-8-10-16(24)21-14(2)3/h14-15H,6-13,20H2,1-5H3,(H,21,24). The lowest BCUT2D eigenvalue weighted by atomic mass is 9.88. The van der Waals surface area contributed by atoms with E-state index in [1.807, 2.05) is 33.1 Å². The minimum absolute atomic E-state index is 0.0251. The highest BCUT2D eigenvalue weighted by molar-refractivity contribution is 7.99. The summed E-state index contributed by atoms with van der Waals surface area (Å²) in [5, 5.41) is 2.87. The third kappa shape index (κ3) is 7.49. The number of unbranched alkanes of at least 4 members (excludes halogenated alkanes) is 2. The summed E-state index contributed by atoms with van der Waals surface area (Å²) < 4.78 is 1.77. The van der Waals surface area contributed by atoms with Crippen LogP contribution in [0, 0.1) is 5.92 Å². The van der Waals surface area contributed by atoms with Gasteiger partial charge >= 0.3 is 0 Å². The van der Waals surface area contributed by atoms with Gasteiger partial charge in [0.15, 0.2) is 7.98 Å². The number of nitrogens with zero attached hydrogens (tertiary/aromatic N) is 2. The van der Waals surface area contributed by atoms with Crippen molar-refractivity contribution in [2.75, 3.05) is 13.6 Å². The lowest BCUT2D eigenvalue weighted by Crippen LogP contribution is -2.40. The SMILES string of the molecule is BN(C)SC(C)(CCC)C1CC(=O)N(CCCCCC(=O)NC(C)C)C1=O. The van der Waals surface area contributed by atoms with Gasteiger partial charge in [0.05, 0.1) is 5.92 Å². The van der Waals surface area contributed by atoms with Crippen LogP contribution < -0.4 is 5.32 Å². The Morgan fingerprint density at radius 2 is 2.04 bits per heavy atom. The molecule has 0 aromatic carbocycles. The van der Waals surface area contributed by atoms with Gasteiger partial charge in [0, 0.05) is 30.2 Å². The molecular formula is C19H36BN3O3S. The van der Waals surface area contributed by atoms with E-state index < -0.39 is 0 Å². The zero-order chi connectivity index (χ0) is 20.6.